The van der Waals surface area contributed by atoms with Crippen molar-refractivity contribution in [3.63, 3.8) is 0 Å². The van der Waals surface area contributed by atoms with E-state index in [1.807, 2.05) is 42.5 Å². The fourth-order valence-corrected chi connectivity index (χ4v) is 3.76. The number of methoxy groups -OCH3 is 1. The fraction of sp³-hybridized carbons (Fsp3) is 0.273. The monoisotopic (exact) mass is 378 g/mol. The number of benzene rings is 2. The second-order valence-corrected chi connectivity index (χ2v) is 7.00. The van der Waals surface area contributed by atoms with Crippen LogP contribution in [0.3, 0.4) is 0 Å². The number of piperidine rings is 1. The Morgan fingerprint density at radius 2 is 1.82 bits per heavy atom. The molecule has 6 heteroatoms. The summed E-state index contributed by atoms with van der Waals surface area (Å²) in [4.78, 5) is 26.4. The summed E-state index contributed by atoms with van der Waals surface area (Å²) in [6, 6.07) is 15.3. The molecule has 1 aliphatic rings. The first kappa shape index (κ1) is 18.1. The highest BCUT2D eigenvalue weighted by Crippen LogP contribution is 2.37. The largest absolute Gasteiger partial charge is 0.497 e. The van der Waals surface area contributed by atoms with E-state index in [1.165, 1.54) is 0 Å². The van der Waals surface area contributed by atoms with Crippen LogP contribution < -0.4 is 10.5 Å². The molecule has 1 aliphatic heterocycles. The molecule has 2 aromatic carbocycles. The van der Waals surface area contributed by atoms with Crippen LogP contribution in [-0.2, 0) is 4.79 Å². The van der Waals surface area contributed by atoms with E-state index >= 15 is 0 Å². The second kappa shape index (κ2) is 7.38. The maximum absolute atomic E-state index is 13.3. The van der Waals surface area contributed by atoms with Gasteiger partial charge in [-0.3, -0.25) is 9.59 Å². The summed E-state index contributed by atoms with van der Waals surface area (Å²) in [7, 11) is 1.59. The van der Waals surface area contributed by atoms with Gasteiger partial charge in [-0.25, -0.2) is 0 Å². The Morgan fingerprint density at radius 1 is 1.11 bits per heavy atom. The maximum atomic E-state index is 13.3. The van der Waals surface area contributed by atoms with Crippen molar-refractivity contribution in [2.45, 2.75) is 12.8 Å². The van der Waals surface area contributed by atoms with Gasteiger partial charge in [0.2, 0.25) is 11.7 Å². The van der Waals surface area contributed by atoms with E-state index < -0.39 is 0 Å². The zero-order valence-corrected chi connectivity index (χ0v) is 15.7. The van der Waals surface area contributed by atoms with Gasteiger partial charge < -0.3 is 19.8 Å². The van der Waals surface area contributed by atoms with Crippen molar-refractivity contribution in [1.82, 2.24) is 4.90 Å². The van der Waals surface area contributed by atoms with Crippen LogP contribution >= 0.6 is 0 Å². The highest BCUT2D eigenvalue weighted by atomic mass is 16.5. The molecule has 2 N–H and O–H groups in total. The number of furan rings is 1. The summed E-state index contributed by atoms with van der Waals surface area (Å²) in [5.41, 5.74) is 7.71. The number of rotatable bonds is 4. The SMILES string of the molecule is COc1ccc2c(-c3ccccc3)c(C(=O)N3CCC(C(N)=O)CC3)oc2c1. The quantitative estimate of drug-likeness (QED) is 0.753. The maximum Gasteiger partial charge on any atom is 0.290 e. The van der Waals surface area contributed by atoms with Gasteiger partial charge in [0.1, 0.15) is 11.3 Å². The first-order valence-electron chi connectivity index (χ1n) is 9.33. The Bertz CT molecular complexity index is 1020. The summed E-state index contributed by atoms with van der Waals surface area (Å²) in [5.74, 6) is 0.344. The number of nitrogens with two attached hydrogens (primary N) is 1. The molecule has 0 saturated carbocycles. The molecule has 28 heavy (non-hydrogen) atoms. The van der Waals surface area contributed by atoms with E-state index in [1.54, 1.807) is 18.1 Å². The molecule has 0 atom stereocenters. The van der Waals surface area contributed by atoms with Gasteiger partial charge >= 0.3 is 0 Å². The molecule has 0 aliphatic carbocycles. The van der Waals surface area contributed by atoms with Gasteiger partial charge in [-0.15, -0.1) is 0 Å². The van der Waals surface area contributed by atoms with E-state index in [4.69, 9.17) is 14.9 Å². The number of hydrogen-bond acceptors (Lipinski definition) is 4. The summed E-state index contributed by atoms with van der Waals surface area (Å²) in [5, 5.41) is 0.863. The molecule has 4 rings (SSSR count). The van der Waals surface area contributed by atoms with Crippen LogP contribution in [0.5, 0.6) is 5.75 Å². The summed E-state index contributed by atoms with van der Waals surface area (Å²) in [6.07, 6.45) is 1.16. The van der Waals surface area contributed by atoms with Crippen molar-refractivity contribution >= 4 is 22.8 Å². The third-order valence-corrected chi connectivity index (χ3v) is 5.34. The molecule has 2 amide bonds. The molecule has 6 nitrogen and oxygen atoms in total. The predicted octanol–water partition coefficient (Wildman–Crippen LogP) is 3.45. The van der Waals surface area contributed by atoms with Crippen LogP contribution in [0.2, 0.25) is 0 Å². The number of ether oxygens (including phenoxy) is 1. The average molecular weight is 378 g/mol. The molecule has 3 aromatic rings. The highest BCUT2D eigenvalue weighted by molar-refractivity contribution is 6.08. The number of carbonyl (C=O) groups excluding carboxylic acids is 2. The standard InChI is InChI=1S/C22H22N2O4/c1-27-16-7-8-17-18(13-16)28-20(19(17)14-5-3-2-4-6-14)22(26)24-11-9-15(10-12-24)21(23)25/h2-8,13,15H,9-12H2,1H3,(H2,23,25). The minimum atomic E-state index is -0.298. The smallest absolute Gasteiger partial charge is 0.290 e. The van der Waals surface area contributed by atoms with Crippen LogP contribution in [-0.4, -0.2) is 36.9 Å². The topological polar surface area (TPSA) is 85.8 Å². The molecule has 1 aromatic heterocycles. The molecule has 1 fully saturated rings. The Hall–Kier alpha value is -3.28. The number of carbonyl (C=O) groups is 2. The number of likely N-dealkylation sites (tertiary alicyclic amines) is 1. The van der Waals surface area contributed by atoms with Crippen molar-refractivity contribution in [2.75, 3.05) is 20.2 Å². The molecule has 2 heterocycles. The van der Waals surface area contributed by atoms with Crippen LogP contribution in [0, 0.1) is 5.92 Å². The van der Waals surface area contributed by atoms with Crippen LogP contribution in [0.25, 0.3) is 22.1 Å². The Morgan fingerprint density at radius 3 is 2.46 bits per heavy atom. The number of nitrogens with zero attached hydrogens (tertiary/aromatic N) is 1. The van der Waals surface area contributed by atoms with E-state index in [-0.39, 0.29) is 17.7 Å². The van der Waals surface area contributed by atoms with Crippen LogP contribution in [0.4, 0.5) is 0 Å². The zero-order chi connectivity index (χ0) is 19.7. The van der Waals surface area contributed by atoms with Crippen molar-refractivity contribution in [3.05, 3.63) is 54.3 Å². The minimum absolute atomic E-state index is 0.169. The van der Waals surface area contributed by atoms with Gasteiger partial charge in [-0.05, 0) is 30.5 Å². The minimum Gasteiger partial charge on any atom is -0.497 e. The van der Waals surface area contributed by atoms with Gasteiger partial charge in [0.05, 0.1) is 7.11 Å². The highest BCUT2D eigenvalue weighted by Gasteiger charge is 2.30. The Balaban J connectivity index is 1.75. The van der Waals surface area contributed by atoms with Gasteiger partial charge in [0.25, 0.3) is 5.91 Å². The lowest BCUT2D eigenvalue weighted by Crippen LogP contribution is -2.41. The van der Waals surface area contributed by atoms with Crippen molar-refractivity contribution in [1.29, 1.82) is 0 Å². The van der Waals surface area contributed by atoms with Crippen molar-refractivity contribution in [2.24, 2.45) is 11.7 Å². The van der Waals surface area contributed by atoms with Gasteiger partial charge in [0, 0.05) is 36.0 Å². The van der Waals surface area contributed by atoms with Gasteiger partial charge in [0.15, 0.2) is 0 Å². The number of fused-ring (bicyclic) bond motifs is 1. The van der Waals surface area contributed by atoms with E-state index in [0.29, 0.717) is 43.0 Å². The van der Waals surface area contributed by atoms with Crippen molar-refractivity contribution < 1.29 is 18.7 Å². The summed E-state index contributed by atoms with van der Waals surface area (Å²) < 4.78 is 11.3. The molecule has 0 radical (unpaired) electrons. The number of hydrogen-bond donors (Lipinski definition) is 1. The first-order chi connectivity index (χ1) is 13.6. The Labute approximate surface area is 162 Å². The van der Waals surface area contributed by atoms with E-state index in [9.17, 15) is 9.59 Å². The van der Waals surface area contributed by atoms with Gasteiger partial charge in [-0.2, -0.15) is 0 Å². The second-order valence-electron chi connectivity index (χ2n) is 7.00. The lowest BCUT2D eigenvalue weighted by Gasteiger charge is -2.30. The average Bonchev–Trinajstić information content (AvgIpc) is 3.12. The number of amides is 2. The van der Waals surface area contributed by atoms with Crippen molar-refractivity contribution in [3.8, 4) is 16.9 Å². The summed E-state index contributed by atoms with van der Waals surface area (Å²) in [6.45, 7) is 0.974. The van der Waals surface area contributed by atoms with Gasteiger partial charge in [-0.1, -0.05) is 30.3 Å². The fourth-order valence-electron chi connectivity index (χ4n) is 3.76. The lowest BCUT2D eigenvalue weighted by atomic mass is 9.95. The third kappa shape index (κ3) is 3.22. The molecule has 0 bridgehead atoms. The molecule has 144 valence electrons. The molecule has 0 unspecified atom stereocenters. The lowest BCUT2D eigenvalue weighted by molar-refractivity contribution is -0.123. The van der Waals surface area contributed by atoms with E-state index in [0.717, 1.165) is 16.5 Å². The summed E-state index contributed by atoms with van der Waals surface area (Å²) >= 11 is 0. The van der Waals surface area contributed by atoms with Crippen LogP contribution in [0.1, 0.15) is 23.4 Å². The molecule has 0 spiro atoms. The molecular weight excluding hydrogens is 356 g/mol. The number of primary amides is 1. The Kier molecular flexibility index (Phi) is 4.77. The molecule has 1 saturated heterocycles. The van der Waals surface area contributed by atoms with E-state index in [2.05, 4.69) is 0 Å². The third-order valence-electron chi connectivity index (χ3n) is 5.34. The van der Waals surface area contributed by atoms with Crippen LogP contribution in [0.15, 0.2) is 52.9 Å². The normalized spacial score (nSPS) is 15.0. The molecular formula is C22H22N2O4. The predicted molar refractivity (Wildman–Crippen MR) is 106 cm³/mol. The zero-order valence-electron chi connectivity index (χ0n) is 15.7. The first-order valence-corrected chi connectivity index (χ1v) is 9.33.